The van der Waals surface area contributed by atoms with Crippen molar-refractivity contribution in [1.82, 2.24) is 10.2 Å². The molecule has 0 aromatic carbocycles. The van der Waals surface area contributed by atoms with Gasteiger partial charge in [0.2, 0.25) is 0 Å². The summed E-state index contributed by atoms with van der Waals surface area (Å²) in [6, 6.07) is 0.500. The lowest BCUT2D eigenvalue weighted by atomic mass is 10.2. The molecule has 16 heavy (non-hydrogen) atoms. The van der Waals surface area contributed by atoms with E-state index in [1.54, 1.807) is 0 Å². The van der Waals surface area contributed by atoms with Gasteiger partial charge in [-0.05, 0) is 27.8 Å². The smallest absolute Gasteiger partial charge is 0.407 e. The molecule has 0 radical (unpaired) electrons. The summed E-state index contributed by atoms with van der Waals surface area (Å²) in [6.07, 6.45) is -0.356. The normalized spacial score (nSPS) is 17.1. The van der Waals surface area contributed by atoms with Gasteiger partial charge in [-0.15, -0.1) is 0 Å². The summed E-state index contributed by atoms with van der Waals surface area (Å²) >= 11 is 0. The zero-order chi connectivity index (χ0) is 12.2. The van der Waals surface area contributed by atoms with Crippen molar-refractivity contribution in [3.8, 4) is 0 Å². The van der Waals surface area contributed by atoms with Crippen LogP contribution in [-0.4, -0.2) is 56.0 Å². The fourth-order valence-corrected chi connectivity index (χ4v) is 1.31. The molecule has 1 amide bonds. The lowest BCUT2D eigenvalue weighted by molar-refractivity contribution is -0.0554. The molecule has 5 heteroatoms. The second-order valence-corrected chi connectivity index (χ2v) is 5.10. The van der Waals surface area contributed by atoms with Gasteiger partial charge in [-0.25, -0.2) is 4.79 Å². The number of hydrogen-bond donors (Lipinski definition) is 1. The van der Waals surface area contributed by atoms with Crippen LogP contribution in [0.3, 0.4) is 0 Å². The minimum Gasteiger partial charge on any atom is -0.444 e. The van der Waals surface area contributed by atoms with E-state index in [2.05, 4.69) is 10.2 Å². The molecule has 0 bridgehead atoms. The van der Waals surface area contributed by atoms with E-state index in [0.29, 0.717) is 12.6 Å². The largest absolute Gasteiger partial charge is 0.444 e. The zero-order valence-electron chi connectivity index (χ0n) is 10.6. The first-order chi connectivity index (χ1) is 7.38. The summed E-state index contributed by atoms with van der Waals surface area (Å²) in [5, 5.41) is 2.73. The number of amides is 1. The number of nitrogens with one attached hydrogen (secondary N) is 1. The Kier molecular flexibility index (Phi) is 4.56. The molecule has 0 atom stereocenters. The Morgan fingerprint density at radius 2 is 2.12 bits per heavy atom. The average molecular weight is 230 g/mol. The Morgan fingerprint density at radius 3 is 2.56 bits per heavy atom. The van der Waals surface area contributed by atoms with Crippen LogP contribution in [0.4, 0.5) is 4.79 Å². The van der Waals surface area contributed by atoms with Crippen LogP contribution in [0.15, 0.2) is 0 Å². The van der Waals surface area contributed by atoms with Crippen molar-refractivity contribution in [3.63, 3.8) is 0 Å². The second-order valence-electron chi connectivity index (χ2n) is 5.10. The SMILES string of the molecule is CN(CCNC(=O)OC(C)(C)C)C1COC1. The number of carbonyl (C=O) groups excluding carboxylic acids is 1. The van der Waals surface area contributed by atoms with Crippen molar-refractivity contribution >= 4 is 6.09 Å². The quantitative estimate of drug-likeness (QED) is 0.777. The van der Waals surface area contributed by atoms with Crippen molar-refractivity contribution in [2.24, 2.45) is 0 Å². The highest BCUT2D eigenvalue weighted by atomic mass is 16.6. The van der Waals surface area contributed by atoms with E-state index in [1.807, 2.05) is 27.8 Å². The third-order valence-electron chi connectivity index (χ3n) is 2.38. The molecule has 94 valence electrons. The van der Waals surface area contributed by atoms with Crippen LogP contribution < -0.4 is 5.32 Å². The predicted octanol–water partition coefficient (Wildman–Crippen LogP) is 0.842. The molecule has 5 nitrogen and oxygen atoms in total. The van der Waals surface area contributed by atoms with Crippen molar-refractivity contribution in [2.75, 3.05) is 33.4 Å². The number of ether oxygens (including phenoxy) is 2. The van der Waals surface area contributed by atoms with E-state index >= 15 is 0 Å². The standard InChI is InChI=1S/C11H22N2O3/c1-11(2,3)16-10(14)12-5-6-13(4)9-7-15-8-9/h9H,5-8H2,1-4H3,(H,12,14). The molecule has 1 fully saturated rings. The van der Waals surface area contributed by atoms with E-state index in [9.17, 15) is 4.79 Å². The van der Waals surface area contributed by atoms with Crippen molar-refractivity contribution in [2.45, 2.75) is 32.4 Å². The van der Waals surface area contributed by atoms with Gasteiger partial charge in [0, 0.05) is 13.1 Å². The van der Waals surface area contributed by atoms with Gasteiger partial charge in [0.1, 0.15) is 5.60 Å². The number of hydrogen-bond acceptors (Lipinski definition) is 4. The number of nitrogens with zero attached hydrogens (tertiary/aromatic N) is 1. The van der Waals surface area contributed by atoms with Gasteiger partial charge in [0.15, 0.2) is 0 Å². The lowest BCUT2D eigenvalue weighted by Gasteiger charge is -2.34. The highest BCUT2D eigenvalue weighted by Gasteiger charge is 2.22. The van der Waals surface area contributed by atoms with Crippen LogP contribution in [0.5, 0.6) is 0 Å². The fraction of sp³-hybridized carbons (Fsp3) is 0.909. The Morgan fingerprint density at radius 1 is 1.50 bits per heavy atom. The molecule has 1 rings (SSSR count). The van der Waals surface area contributed by atoms with E-state index < -0.39 is 5.60 Å². The zero-order valence-corrected chi connectivity index (χ0v) is 10.6. The van der Waals surface area contributed by atoms with Crippen LogP contribution in [-0.2, 0) is 9.47 Å². The third kappa shape index (κ3) is 4.81. The Bertz CT molecular complexity index is 234. The van der Waals surface area contributed by atoms with Gasteiger partial charge in [0.05, 0.1) is 19.3 Å². The van der Waals surface area contributed by atoms with Crippen molar-refractivity contribution in [3.05, 3.63) is 0 Å². The molecule has 0 saturated carbocycles. The molecule has 1 saturated heterocycles. The molecule has 0 aromatic rings. The number of alkyl carbamates (subject to hydrolysis) is 1. The first-order valence-corrected chi connectivity index (χ1v) is 5.63. The second kappa shape index (κ2) is 5.50. The number of rotatable bonds is 4. The highest BCUT2D eigenvalue weighted by Crippen LogP contribution is 2.08. The first kappa shape index (κ1) is 13.3. The van der Waals surface area contributed by atoms with Crippen molar-refractivity contribution in [1.29, 1.82) is 0 Å². The Balaban J connectivity index is 2.08. The van der Waals surface area contributed by atoms with E-state index in [-0.39, 0.29) is 6.09 Å². The average Bonchev–Trinajstić information content (AvgIpc) is 1.96. The molecule has 1 N–H and O–H groups in total. The van der Waals surface area contributed by atoms with E-state index in [1.165, 1.54) is 0 Å². The van der Waals surface area contributed by atoms with Crippen LogP contribution in [0.1, 0.15) is 20.8 Å². The third-order valence-corrected chi connectivity index (χ3v) is 2.38. The minimum absolute atomic E-state index is 0.356. The van der Waals surface area contributed by atoms with Crippen LogP contribution in [0.2, 0.25) is 0 Å². The van der Waals surface area contributed by atoms with Crippen LogP contribution >= 0.6 is 0 Å². The maximum absolute atomic E-state index is 11.3. The summed E-state index contributed by atoms with van der Waals surface area (Å²) < 4.78 is 10.2. The van der Waals surface area contributed by atoms with Gasteiger partial charge >= 0.3 is 6.09 Å². The highest BCUT2D eigenvalue weighted by molar-refractivity contribution is 5.67. The maximum atomic E-state index is 11.3. The molecular formula is C11H22N2O3. The van der Waals surface area contributed by atoms with E-state index in [0.717, 1.165) is 19.8 Å². The van der Waals surface area contributed by atoms with Crippen LogP contribution in [0.25, 0.3) is 0 Å². The van der Waals surface area contributed by atoms with Gasteiger partial charge < -0.3 is 14.8 Å². The summed E-state index contributed by atoms with van der Waals surface area (Å²) in [7, 11) is 2.03. The maximum Gasteiger partial charge on any atom is 0.407 e. The molecular weight excluding hydrogens is 208 g/mol. The van der Waals surface area contributed by atoms with Gasteiger partial charge in [0.25, 0.3) is 0 Å². The lowest BCUT2D eigenvalue weighted by Crippen LogP contribution is -2.49. The summed E-state index contributed by atoms with van der Waals surface area (Å²) in [6.45, 7) is 8.56. The number of likely N-dealkylation sites (N-methyl/N-ethyl adjacent to an activating group) is 1. The molecule has 1 heterocycles. The molecule has 1 aliphatic heterocycles. The molecule has 0 aliphatic carbocycles. The van der Waals surface area contributed by atoms with Gasteiger partial charge in [-0.3, -0.25) is 4.90 Å². The topological polar surface area (TPSA) is 50.8 Å². The Labute approximate surface area is 97.1 Å². The molecule has 0 spiro atoms. The Hall–Kier alpha value is -0.810. The van der Waals surface area contributed by atoms with Gasteiger partial charge in [-0.1, -0.05) is 0 Å². The fourth-order valence-electron chi connectivity index (χ4n) is 1.31. The van der Waals surface area contributed by atoms with Gasteiger partial charge in [-0.2, -0.15) is 0 Å². The molecule has 0 aromatic heterocycles. The predicted molar refractivity (Wildman–Crippen MR) is 61.5 cm³/mol. The number of carbonyl (C=O) groups is 1. The monoisotopic (exact) mass is 230 g/mol. The summed E-state index contributed by atoms with van der Waals surface area (Å²) in [5.41, 5.74) is -0.433. The summed E-state index contributed by atoms with van der Waals surface area (Å²) in [5.74, 6) is 0. The van der Waals surface area contributed by atoms with Crippen molar-refractivity contribution < 1.29 is 14.3 Å². The molecule has 1 aliphatic rings. The molecule has 0 unspecified atom stereocenters. The summed E-state index contributed by atoms with van der Waals surface area (Å²) in [4.78, 5) is 13.5. The van der Waals surface area contributed by atoms with E-state index in [4.69, 9.17) is 9.47 Å². The first-order valence-electron chi connectivity index (χ1n) is 5.63. The van der Waals surface area contributed by atoms with Crippen LogP contribution in [0, 0.1) is 0 Å². The minimum atomic E-state index is -0.433.